The molecule has 2 saturated heterocycles. The van der Waals surface area contributed by atoms with Crippen molar-refractivity contribution >= 4 is 0 Å². The molecule has 0 aromatic heterocycles. The average Bonchev–Trinajstić information content (AvgIpc) is 2.84. The lowest BCUT2D eigenvalue weighted by molar-refractivity contribution is 0.215. The third-order valence-corrected chi connectivity index (χ3v) is 4.23. The van der Waals surface area contributed by atoms with Crippen LogP contribution in [0.4, 0.5) is 0 Å². The minimum absolute atomic E-state index is 0.721. The van der Waals surface area contributed by atoms with Crippen LogP contribution in [0.1, 0.15) is 32.6 Å². The molecule has 0 aliphatic carbocycles. The van der Waals surface area contributed by atoms with Gasteiger partial charge in [0, 0.05) is 19.0 Å². The monoisotopic (exact) mass is 221 g/mol. The number of nitrogens with one attached hydrogen (secondary N) is 1. The number of fused-ring (bicyclic) bond motifs is 1. The van der Waals surface area contributed by atoms with Crippen molar-refractivity contribution in [3.63, 3.8) is 0 Å². The van der Waals surface area contributed by atoms with Gasteiger partial charge in [-0.3, -0.25) is 4.90 Å². The summed E-state index contributed by atoms with van der Waals surface area (Å²) < 4.78 is 0. The molecule has 2 aliphatic rings. The number of nitriles is 1. The molecule has 2 aliphatic heterocycles. The van der Waals surface area contributed by atoms with Gasteiger partial charge in [-0.25, -0.2) is 0 Å². The molecule has 0 radical (unpaired) electrons. The molecule has 0 spiro atoms. The molecule has 0 bridgehead atoms. The fourth-order valence-corrected chi connectivity index (χ4v) is 3.45. The summed E-state index contributed by atoms with van der Waals surface area (Å²) in [7, 11) is 0. The number of nitrogens with zero attached hydrogens (tertiary/aromatic N) is 2. The molecule has 3 unspecified atom stereocenters. The van der Waals surface area contributed by atoms with Crippen LogP contribution in [0.3, 0.4) is 0 Å². The van der Waals surface area contributed by atoms with E-state index in [1.807, 2.05) is 0 Å². The smallest absolute Gasteiger partial charge is 0.0621 e. The summed E-state index contributed by atoms with van der Waals surface area (Å²) in [6.07, 6.45) is 4.26. The van der Waals surface area contributed by atoms with Gasteiger partial charge in [-0.05, 0) is 50.7 Å². The van der Waals surface area contributed by atoms with Gasteiger partial charge in [0.1, 0.15) is 0 Å². The first-order valence-electron chi connectivity index (χ1n) is 6.68. The van der Waals surface area contributed by atoms with Gasteiger partial charge in [0.2, 0.25) is 0 Å². The Labute approximate surface area is 98.8 Å². The van der Waals surface area contributed by atoms with Crippen LogP contribution in [0.15, 0.2) is 0 Å². The first-order valence-corrected chi connectivity index (χ1v) is 6.68. The SMILES string of the molecule is CCC1C2CNCC2CN1CCCCC#N. The highest BCUT2D eigenvalue weighted by atomic mass is 15.2. The van der Waals surface area contributed by atoms with E-state index in [-0.39, 0.29) is 0 Å². The van der Waals surface area contributed by atoms with Crippen LogP contribution < -0.4 is 5.32 Å². The standard InChI is InChI=1S/C13H23N3/c1-2-13-12-9-15-8-11(12)10-16(13)7-5-3-4-6-14/h11-13,15H,2-5,7-10H2,1H3. The Kier molecular flexibility index (Phi) is 4.20. The molecule has 2 rings (SSSR count). The first-order chi connectivity index (χ1) is 7.86. The van der Waals surface area contributed by atoms with Crippen LogP contribution in [-0.4, -0.2) is 37.1 Å². The van der Waals surface area contributed by atoms with Crippen molar-refractivity contribution in [1.82, 2.24) is 10.2 Å². The molecule has 0 aromatic rings. The van der Waals surface area contributed by atoms with Crippen molar-refractivity contribution in [2.75, 3.05) is 26.2 Å². The van der Waals surface area contributed by atoms with Crippen LogP contribution in [-0.2, 0) is 0 Å². The van der Waals surface area contributed by atoms with Crippen LogP contribution >= 0.6 is 0 Å². The second-order valence-electron chi connectivity index (χ2n) is 5.17. The van der Waals surface area contributed by atoms with Gasteiger partial charge in [0.25, 0.3) is 0 Å². The molecule has 3 nitrogen and oxygen atoms in total. The number of hydrogen-bond acceptors (Lipinski definition) is 3. The predicted molar refractivity (Wildman–Crippen MR) is 65.0 cm³/mol. The fourth-order valence-electron chi connectivity index (χ4n) is 3.45. The minimum atomic E-state index is 0.721. The van der Waals surface area contributed by atoms with E-state index in [4.69, 9.17) is 5.26 Å². The van der Waals surface area contributed by atoms with E-state index in [0.29, 0.717) is 0 Å². The van der Waals surface area contributed by atoms with Crippen molar-refractivity contribution in [1.29, 1.82) is 5.26 Å². The van der Waals surface area contributed by atoms with Gasteiger partial charge in [0.15, 0.2) is 0 Å². The Morgan fingerprint density at radius 2 is 2.25 bits per heavy atom. The van der Waals surface area contributed by atoms with Crippen molar-refractivity contribution in [3.05, 3.63) is 0 Å². The summed E-state index contributed by atoms with van der Waals surface area (Å²) in [6.45, 7) is 7.23. The molecular formula is C13H23N3. The number of hydrogen-bond donors (Lipinski definition) is 1. The van der Waals surface area contributed by atoms with Crippen LogP contribution in [0.2, 0.25) is 0 Å². The zero-order valence-electron chi connectivity index (χ0n) is 10.3. The van der Waals surface area contributed by atoms with Crippen molar-refractivity contribution in [3.8, 4) is 6.07 Å². The van der Waals surface area contributed by atoms with E-state index < -0.39 is 0 Å². The highest BCUT2D eigenvalue weighted by Crippen LogP contribution is 2.34. The molecule has 2 heterocycles. The lowest BCUT2D eigenvalue weighted by Crippen LogP contribution is -2.35. The third kappa shape index (κ3) is 2.39. The van der Waals surface area contributed by atoms with Crippen LogP contribution in [0.5, 0.6) is 0 Å². The Balaban J connectivity index is 1.79. The Morgan fingerprint density at radius 1 is 1.38 bits per heavy atom. The van der Waals surface area contributed by atoms with Crippen molar-refractivity contribution in [2.24, 2.45) is 11.8 Å². The quantitative estimate of drug-likeness (QED) is 0.717. The van der Waals surface area contributed by atoms with Crippen molar-refractivity contribution in [2.45, 2.75) is 38.6 Å². The topological polar surface area (TPSA) is 39.1 Å². The van der Waals surface area contributed by atoms with E-state index in [2.05, 4.69) is 23.2 Å². The molecule has 3 heteroatoms. The molecule has 3 atom stereocenters. The average molecular weight is 221 g/mol. The molecule has 90 valence electrons. The number of likely N-dealkylation sites (tertiary alicyclic amines) is 1. The summed E-state index contributed by atoms with van der Waals surface area (Å²) in [5.74, 6) is 1.78. The normalized spacial score (nSPS) is 33.9. The Morgan fingerprint density at radius 3 is 3.00 bits per heavy atom. The highest BCUT2D eigenvalue weighted by molar-refractivity contribution is 4.97. The number of unbranched alkanes of at least 4 members (excludes halogenated alkanes) is 2. The van der Waals surface area contributed by atoms with E-state index in [0.717, 1.165) is 30.7 Å². The third-order valence-electron chi connectivity index (χ3n) is 4.23. The second-order valence-corrected chi connectivity index (χ2v) is 5.17. The summed E-state index contributed by atoms with van der Waals surface area (Å²) in [6, 6.07) is 3.02. The molecule has 0 aromatic carbocycles. The Hall–Kier alpha value is -0.590. The number of rotatable bonds is 5. The molecular weight excluding hydrogens is 198 g/mol. The van der Waals surface area contributed by atoms with Gasteiger partial charge in [-0.15, -0.1) is 0 Å². The van der Waals surface area contributed by atoms with Gasteiger partial charge in [-0.2, -0.15) is 5.26 Å². The molecule has 1 N–H and O–H groups in total. The van der Waals surface area contributed by atoms with Crippen molar-refractivity contribution < 1.29 is 0 Å². The molecule has 16 heavy (non-hydrogen) atoms. The van der Waals surface area contributed by atoms with E-state index in [1.54, 1.807) is 0 Å². The summed E-state index contributed by atoms with van der Waals surface area (Å²) in [5, 5.41) is 12.0. The summed E-state index contributed by atoms with van der Waals surface area (Å²) >= 11 is 0. The summed E-state index contributed by atoms with van der Waals surface area (Å²) in [4.78, 5) is 2.67. The largest absolute Gasteiger partial charge is 0.316 e. The fraction of sp³-hybridized carbons (Fsp3) is 0.923. The minimum Gasteiger partial charge on any atom is -0.316 e. The maximum atomic E-state index is 8.52. The highest BCUT2D eigenvalue weighted by Gasteiger charge is 2.42. The molecule has 0 amide bonds. The predicted octanol–water partition coefficient (Wildman–Crippen LogP) is 1.61. The van der Waals surface area contributed by atoms with E-state index in [1.165, 1.54) is 39.0 Å². The lowest BCUT2D eigenvalue weighted by atomic mass is 9.93. The van der Waals surface area contributed by atoms with E-state index >= 15 is 0 Å². The van der Waals surface area contributed by atoms with Crippen LogP contribution in [0.25, 0.3) is 0 Å². The Bertz CT molecular complexity index is 258. The van der Waals surface area contributed by atoms with Gasteiger partial charge >= 0.3 is 0 Å². The first kappa shape index (κ1) is 11.9. The van der Waals surface area contributed by atoms with E-state index in [9.17, 15) is 0 Å². The lowest BCUT2D eigenvalue weighted by Gasteiger charge is -2.26. The second kappa shape index (κ2) is 5.65. The van der Waals surface area contributed by atoms with Gasteiger partial charge in [0.05, 0.1) is 6.07 Å². The zero-order valence-corrected chi connectivity index (χ0v) is 10.3. The molecule has 0 saturated carbocycles. The van der Waals surface area contributed by atoms with Gasteiger partial charge < -0.3 is 5.32 Å². The zero-order chi connectivity index (χ0) is 11.4. The maximum absolute atomic E-state index is 8.52. The molecule has 2 fully saturated rings. The summed E-state index contributed by atoms with van der Waals surface area (Å²) in [5.41, 5.74) is 0. The van der Waals surface area contributed by atoms with Gasteiger partial charge in [-0.1, -0.05) is 6.92 Å². The maximum Gasteiger partial charge on any atom is 0.0621 e. The van der Waals surface area contributed by atoms with Crippen LogP contribution in [0, 0.1) is 23.2 Å².